The quantitative estimate of drug-likeness (QED) is 0.724. The number of aromatic amines is 1. The van der Waals surface area contributed by atoms with Crippen molar-refractivity contribution in [2.75, 3.05) is 7.11 Å². The van der Waals surface area contributed by atoms with Gasteiger partial charge in [-0.2, -0.15) is 0 Å². The van der Waals surface area contributed by atoms with E-state index in [9.17, 15) is 4.39 Å². The monoisotopic (exact) mass is 302 g/mol. The van der Waals surface area contributed by atoms with Crippen molar-refractivity contribution >= 4 is 23.3 Å². The second kappa shape index (κ2) is 5.33. The molecular formula is C16H15FN2OS. The van der Waals surface area contributed by atoms with E-state index in [1.807, 2.05) is 35.8 Å². The molecule has 0 radical (unpaired) electrons. The van der Waals surface area contributed by atoms with E-state index in [0.717, 1.165) is 16.8 Å². The molecular weight excluding hydrogens is 287 g/mol. The Kier molecular flexibility index (Phi) is 3.51. The number of hydrogen-bond donors (Lipinski definition) is 1. The Bertz CT molecular complexity index is 853. The summed E-state index contributed by atoms with van der Waals surface area (Å²) in [4.78, 5) is 3.15. The molecule has 0 saturated carbocycles. The molecule has 0 saturated heterocycles. The first-order chi connectivity index (χ1) is 10.1. The van der Waals surface area contributed by atoms with Crippen LogP contribution in [0.4, 0.5) is 4.39 Å². The van der Waals surface area contributed by atoms with Gasteiger partial charge in [-0.3, -0.25) is 0 Å². The summed E-state index contributed by atoms with van der Waals surface area (Å²) in [5.41, 5.74) is 2.41. The number of imidazole rings is 1. The molecule has 108 valence electrons. The van der Waals surface area contributed by atoms with Crippen LogP contribution in [-0.2, 0) is 0 Å². The predicted molar refractivity (Wildman–Crippen MR) is 83.9 cm³/mol. The second-order valence-electron chi connectivity index (χ2n) is 4.88. The van der Waals surface area contributed by atoms with Gasteiger partial charge < -0.3 is 14.3 Å². The Labute approximate surface area is 127 Å². The maximum atomic E-state index is 14.0. The Morgan fingerprint density at radius 2 is 2.00 bits per heavy atom. The molecule has 2 aromatic carbocycles. The number of hydrogen-bond acceptors (Lipinski definition) is 2. The minimum absolute atomic E-state index is 0.209. The molecule has 0 spiro atoms. The van der Waals surface area contributed by atoms with Gasteiger partial charge in [0.1, 0.15) is 11.6 Å². The Hall–Kier alpha value is -2.14. The molecule has 0 aliphatic heterocycles. The minimum Gasteiger partial charge on any atom is -0.497 e. The average Bonchev–Trinajstić information content (AvgIpc) is 2.81. The highest BCUT2D eigenvalue weighted by Crippen LogP contribution is 2.28. The molecule has 1 aromatic heterocycles. The molecule has 1 atom stereocenters. The van der Waals surface area contributed by atoms with Crippen LogP contribution in [0.2, 0.25) is 0 Å². The van der Waals surface area contributed by atoms with E-state index in [0.29, 0.717) is 10.3 Å². The fourth-order valence-corrected chi connectivity index (χ4v) is 2.93. The first-order valence-electron chi connectivity index (χ1n) is 6.64. The van der Waals surface area contributed by atoms with Crippen molar-refractivity contribution in [1.82, 2.24) is 9.55 Å². The highest BCUT2D eigenvalue weighted by molar-refractivity contribution is 7.71. The van der Waals surface area contributed by atoms with Crippen molar-refractivity contribution < 1.29 is 9.13 Å². The summed E-state index contributed by atoms with van der Waals surface area (Å²) < 4.78 is 21.8. The van der Waals surface area contributed by atoms with E-state index in [1.165, 1.54) is 6.07 Å². The van der Waals surface area contributed by atoms with Crippen LogP contribution in [0.15, 0.2) is 42.5 Å². The predicted octanol–water partition coefficient (Wildman–Crippen LogP) is 4.46. The van der Waals surface area contributed by atoms with Gasteiger partial charge in [0.2, 0.25) is 0 Å². The van der Waals surface area contributed by atoms with E-state index in [1.54, 1.807) is 19.2 Å². The maximum Gasteiger partial charge on any atom is 0.178 e. The van der Waals surface area contributed by atoms with Gasteiger partial charge in [-0.1, -0.05) is 18.2 Å². The molecule has 21 heavy (non-hydrogen) atoms. The summed E-state index contributed by atoms with van der Waals surface area (Å²) in [6, 6.07) is 12.2. The fourth-order valence-electron chi connectivity index (χ4n) is 2.57. The molecule has 0 aliphatic rings. The summed E-state index contributed by atoms with van der Waals surface area (Å²) in [7, 11) is 1.62. The lowest BCUT2D eigenvalue weighted by molar-refractivity contribution is 0.415. The molecule has 3 aromatic rings. The molecule has 1 unspecified atom stereocenters. The molecule has 5 heteroatoms. The number of nitrogens with zero attached hydrogens (tertiary/aromatic N) is 1. The van der Waals surface area contributed by atoms with Crippen LogP contribution in [0.3, 0.4) is 0 Å². The number of rotatable bonds is 3. The van der Waals surface area contributed by atoms with Gasteiger partial charge >= 0.3 is 0 Å². The normalized spacial score (nSPS) is 12.5. The van der Waals surface area contributed by atoms with Crippen LogP contribution in [0.1, 0.15) is 18.5 Å². The molecule has 1 N–H and O–H groups in total. The molecule has 0 bridgehead atoms. The van der Waals surface area contributed by atoms with Crippen molar-refractivity contribution in [2.24, 2.45) is 0 Å². The number of halogens is 1. The molecule has 0 aliphatic carbocycles. The molecule has 3 rings (SSSR count). The van der Waals surface area contributed by atoms with E-state index in [2.05, 4.69) is 4.98 Å². The van der Waals surface area contributed by atoms with E-state index >= 15 is 0 Å². The zero-order valence-electron chi connectivity index (χ0n) is 11.8. The lowest BCUT2D eigenvalue weighted by atomic mass is 10.1. The fraction of sp³-hybridized carbons (Fsp3) is 0.188. The minimum atomic E-state index is -0.232. The topological polar surface area (TPSA) is 29.9 Å². The number of methoxy groups -OCH3 is 1. The third-order valence-corrected chi connectivity index (χ3v) is 3.97. The van der Waals surface area contributed by atoms with Crippen LogP contribution in [-0.4, -0.2) is 16.7 Å². The van der Waals surface area contributed by atoms with Gasteiger partial charge in [0, 0.05) is 11.6 Å². The largest absolute Gasteiger partial charge is 0.497 e. The summed E-state index contributed by atoms with van der Waals surface area (Å²) in [5, 5.41) is 0. The van der Waals surface area contributed by atoms with Crippen LogP contribution in [0.5, 0.6) is 5.75 Å². The van der Waals surface area contributed by atoms with Crippen molar-refractivity contribution in [3.63, 3.8) is 0 Å². The van der Waals surface area contributed by atoms with Gasteiger partial charge in [-0.25, -0.2) is 4.39 Å². The Balaban J connectivity index is 2.22. The third-order valence-electron chi connectivity index (χ3n) is 3.67. The molecule has 3 nitrogen and oxygen atoms in total. The van der Waals surface area contributed by atoms with Gasteiger partial charge in [0.25, 0.3) is 0 Å². The van der Waals surface area contributed by atoms with Crippen molar-refractivity contribution in [1.29, 1.82) is 0 Å². The lowest BCUT2D eigenvalue weighted by Gasteiger charge is -2.16. The van der Waals surface area contributed by atoms with Gasteiger partial charge in [-0.05, 0) is 37.3 Å². The SMILES string of the molecule is COc1ccc2[nH]c(=S)n(C(C)c3ccccc3F)c2c1. The summed E-state index contributed by atoms with van der Waals surface area (Å²) >= 11 is 5.40. The lowest BCUT2D eigenvalue weighted by Crippen LogP contribution is -2.08. The van der Waals surface area contributed by atoms with Crippen LogP contribution in [0.25, 0.3) is 11.0 Å². The standard InChI is InChI=1S/C16H15FN2OS/c1-10(12-5-3-4-6-13(12)17)19-15-9-11(20-2)7-8-14(15)18-16(19)21/h3-10H,1-2H3,(H,18,21). The highest BCUT2D eigenvalue weighted by Gasteiger charge is 2.16. The van der Waals surface area contributed by atoms with Crippen LogP contribution >= 0.6 is 12.2 Å². The molecule has 0 amide bonds. The van der Waals surface area contributed by atoms with Crippen molar-refractivity contribution in [2.45, 2.75) is 13.0 Å². The van der Waals surface area contributed by atoms with Gasteiger partial charge in [0.15, 0.2) is 4.77 Å². The van der Waals surface area contributed by atoms with E-state index in [4.69, 9.17) is 17.0 Å². The van der Waals surface area contributed by atoms with Crippen molar-refractivity contribution in [3.8, 4) is 5.75 Å². The second-order valence-corrected chi connectivity index (χ2v) is 5.27. The summed E-state index contributed by atoms with van der Waals surface area (Å²) in [6.07, 6.45) is 0. The number of aromatic nitrogens is 2. The van der Waals surface area contributed by atoms with Crippen LogP contribution < -0.4 is 4.74 Å². The van der Waals surface area contributed by atoms with Crippen molar-refractivity contribution in [3.05, 3.63) is 58.6 Å². The first kappa shape index (κ1) is 13.8. The first-order valence-corrected chi connectivity index (χ1v) is 7.05. The highest BCUT2D eigenvalue weighted by atomic mass is 32.1. The third kappa shape index (κ3) is 2.34. The summed E-state index contributed by atoms with van der Waals surface area (Å²) in [6.45, 7) is 1.93. The average molecular weight is 302 g/mol. The number of fused-ring (bicyclic) bond motifs is 1. The van der Waals surface area contributed by atoms with Gasteiger partial charge in [0.05, 0.1) is 24.2 Å². The summed E-state index contributed by atoms with van der Waals surface area (Å²) in [5.74, 6) is 0.509. The number of H-pyrrole nitrogens is 1. The number of benzene rings is 2. The Morgan fingerprint density at radius 3 is 2.71 bits per heavy atom. The zero-order valence-corrected chi connectivity index (χ0v) is 12.6. The Morgan fingerprint density at radius 1 is 1.24 bits per heavy atom. The number of nitrogens with one attached hydrogen (secondary N) is 1. The number of ether oxygens (including phenoxy) is 1. The van der Waals surface area contributed by atoms with E-state index < -0.39 is 0 Å². The van der Waals surface area contributed by atoms with Crippen LogP contribution in [0, 0.1) is 10.6 Å². The maximum absolute atomic E-state index is 14.0. The zero-order chi connectivity index (χ0) is 15.0. The molecule has 0 fully saturated rings. The smallest absolute Gasteiger partial charge is 0.178 e. The molecule has 1 heterocycles. The van der Waals surface area contributed by atoms with E-state index in [-0.39, 0.29) is 11.9 Å². The van der Waals surface area contributed by atoms with Gasteiger partial charge in [-0.15, -0.1) is 0 Å².